The van der Waals surface area contributed by atoms with E-state index in [0.29, 0.717) is 28.8 Å². The number of rotatable bonds is 6. The van der Waals surface area contributed by atoms with Gasteiger partial charge in [0, 0.05) is 11.6 Å². The molecule has 1 aliphatic carbocycles. The van der Waals surface area contributed by atoms with Crippen molar-refractivity contribution in [2.24, 2.45) is 11.8 Å². The predicted molar refractivity (Wildman–Crippen MR) is 110 cm³/mol. The summed E-state index contributed by atoms with van der Waals surface area (Å²) in [7, 11) is 0. The molecule has 0 spiro atoms. The van der Waals surface area contributed by atoms with Gasteiger partial charge < -0.3 is 4.74 Å². The van der Waals surface area contributed by atoms with Crippen LogP contribution in [0.3, 0.4) is 0 Å². The Hall–Kier alpha value is -1.73. The second-order valence-electron chi connectivity index (χ2n) is 7.15. The molecular weight excluding hydrogens is 399 g/mol. The van der Waals surface area contributed by atoms with E-state index in [4.69, 9.17) is 27.1 Å². The molecule has 0 saturated heterocycles. The Morgan fingerprint density at radius 1 is 1.18 bits per heavy atom. The van der Waals surface area contributed by atoms with Gasteiger partial charge in [-0.25, -0.2) is 15.3 Å². The van der Waals surface area contributed by atoms with Gasteiger partial charge in [-0.2, -0.15) is 0 Å². The molecule has 2 aromatic carbocycles. The molecule has 0 radical (unpaired) electrons. The van der Waals surface area contributed by atoms with Crippen LogP contribution in [0.1, 0.15) is 48.8 Å². The van der Waals surface area contributed by atoms with Crippen LogP contribution in [0.4, 0.5) is 4.39 Å². The molecule has 0 aliphatic heterocycles. The van der Waals surface area contributed by atoms with Crippen LogP contribution < -0.4 is 10.6 Å². The van der Waals surface area contributed by atoms with Gasteiger partial charge in [-0.3, -0.25) is 4.84 Å². The van der Waals surface area contributed by atoms with E-state index in [1.54, 1.807) is 12.1 Å². The van der Waals surface area contributed by atoms with Gasteiger partial charge >= 0.3 is 0 Å². The Morgan fingerprint density at radius 2 is 2.00 bits per heavy atom. The highest BCUT2D eigenvalue weighted by Gasteiger charge is 2.27. The summed E-state index contributed by atoms with van der Waals surface area (Å²) in [5.41, 5.74) is 1.55. The number of ether oxygens (including phenoxy) is 1. The first-order valence-electron chi connectivity index (χ1n) is 9.47. The summed E-state index contributed by atoms with van der Waals surface area (Å²) in [5, 5.41) is 1.37. The van der Waals surface area contributed by atoms with Crippen LogP contribution in [0.25, 0.3) is 10.2 Å². The summed E-state index contributed by atoms with van der Waals surface area (Å²) in [6, 6.07) is 10.2. The summed E-state index contributed by atoms with van der Waals surface area (Å²) < 4.78 is 20.1. The quantitative estimate of drug-likeness (QED) is 0.484. The van der Waals surface area contributed by atoms with Crippen molar-refractivity contribution in [2.75, 3.05) is 0 Å². The average Bonchev–Trinajstić information content (AvgIpc) is 3.11. The first-order chi connectivity index (χ1) is 13.6. The molecule has 1 atom stereocenters. The molecule has 148 valence electrons. The van der Waals surface area contributed by atoms with Crippen molar-refractivity contribution in [1.29, 1.82) is 0 Å². The van der Waals surface area contributed by atoms with Crippen molar-refractivity contribution in [3.8, 4) is 5.75 Å². The van der Waals surface area contributed by atoms with Crippen molar-refractivity contribution in [1.82, 2.24) is 4.98 Å². The van der Waals surface area contributed by atoms with Crippen molar-refractivity contribution >= 4 is 33.2 Å². The summed E-state index contributed by atoms with van der Waals surface area (Å²) in [5.74, 6) is 6.36. The van der Waals surface area contributed by atoms with Crippen molar-refractivity contribution in [3.63, 3.8) is 0 Å². The van der Waals surface area contributed by atoms with Crippen LogP contribution in [0.15, 0.2) is 36.4 Å². The molecule has 1 aromatic heterocycles. The smallest absolute Gasteiger partial charge is 0.140 e. The SMILES string of the molecule is NOC(c1ccc(OCc2nc3cc(F)ccc3s2)cc1Cl)C1CCCCC1. The fourth-order valence-electron chi connectivity index (χ4n) is 3.86. The third kappa shape index (κ3) is 4.30. The number of fused-ring (bicyclic) bond motifs is 1. The number of hydrogen-bond acceptors (Lipinski definition) is 5. The van der Waals surface area contributed by atoms with Gasteiger partial charge in [0.1, 0.15) is 29.3 Å². The van der Waals surface area contributed by atoms with E-state index in [9.17, 15) is 4.39 Å². The first kappa shape index (κ1) is 19.6. The van der Waals surface area contributed by atoms with E-state index >= 15 is 0 Å². The van der Waals surface area contributed by atoms with E-state index in [1.807, 2.05) is 12.1 Å². The van der Waals surface area contributed by atoms with E-state index in [0.717, 1.165) is 28.1 Å². The Labute approximate surface area is 172 Å². The van der Waals surface area contributed by atoms with Crippen LogP contribution >= 0.6 is 22.9 Å². The number of benzene rings is 2. The molecule has 1 fully saturated rings. The van der Waals surface area contributed by atoms with Crippen molar-refractivity contribution < 1.29 is 14.0 Å². The van der Waals surface area contributed by atoms with Gasteiger partial charge in [-0.1, -0.05) is 36.9 Å². The lowest BCUT2D eigenvalue weighted by Gasteiger charge is -2.29. The fraction of sp³-hybridized carbons (Fsp3) is 0.381. The molecule has 1 unspecified atom stereocenters. The number of nitrogens with two attached hydrogens (primary N) is 1. The molecule has 0 bridgehead atoms. The largest absolute Gasteiger partial charge is 0.486 e. The molecule has 3 aromatic rings. The minimum absolute atomic E-state index is 0.194. The zero-order chi connectivity index (χ0) is 19.5. The number of thiazole rings is 1. The maximum absolute atomic E-state index is 13.3. The van der Waals surface area contributed by atoms with E-state index in [2.05, 4.69) is 4.98 Å². The summed E-state index contributed by atoms with van der Waals surface area (Å²) in [6.45, 7) is 0.302. The summed E-state index contributed by atoms with van der Waals surface area (Å²) >= 11 is 8.00. The lowest BCUT2D eigenvalue weighted by molar-refractivity contribution is -0.00272. The zero-order valence-electron chi connectivity index (χ0n) is 15.4. The monoisotopic (exact) mass is 420 g/mol. The predicted octanol–water partition coefficient (Wildman–Crippen LogP) is 6.18. The molecule has 1 aliphatic rings. The average molecular weight is 421 g/mol. The van der Waals surface area contributed by atoms with Crippen LogP contribution in [0.5, 0.6) is 5.75 Å². The highest BCUT2D eigenvalue weighted by molar-refractivity contribution is 7.18. The first-order valence-corrected chi connectivity index (χ1v) is 10.7. The minimum Gasteiger partial charge on any atom is -0.486 e. The van der Waals surface area contributed by atoms with Crippen LogP contribution in [-0.2, 0) is 11.4 Å². The Bertz CT molecular complexity index is 959. The number of halogens is 2. The fourth-order valence-corrected chi connectivity index (χ4v) is 5.00. The Morgan fingerprint density at radius 3 is 2.75 bits per heavy atom. The number of hydrogen-bond donors (Lipinski definition) is 1. The van der Waals surface area contributed by atoms with E-state index in [1.165, 1.54) is 42.7 Å². The normalized spacial score (nSPS) is 16.4. The van der Waals surface area contributed by atoms with Gasteiger partial charge in [-0.15, -0.1) is 11.3 Å². The summed E-state index contributed by atoms with van der Waals surface area (Å²) in [6.07, 6.45) is 5.70. The molecule has 4 rings (SSSR count). The van der Waals surface area contributed by atoms with E-state index in [-0.39, 0.29) is 11.9 Å². The third-order valence-electron chi connectivity index (χ3n) is 5.26. The Kier molecular flexibility index (Phi) is 6.11. The standard InChI is InChI=1S/C21H22ClFN2O2S/c22-17-11-15(7-8-16(17)21(27-24)13-4-2-1-3-5-13)26-12-20-25-18-10-14(23)6-9-19(18)28-20/h6-11,13,21H,1-5,12,24H2. The highest BCUT2D eigenvalue weighted by Crippen LogP contribution is 2.39. The maximum Gasteiger partial charge on any atom is 0.140 e. The van der Waals surface area contributed by atoms with Crippen LogP contribution in [0.2, 0.25) is 5.02 Å². The van der Waals surface area contributed by atoms with Crippen LogP contribution in [-0.4, -0.2) is 4.98 Å². The van der Waals surface area contributed by atoms with Gasteiger partial charge in [0.15, 0.2) is 0 Å². The lowest BCUT2D eigenvalue weighted by Crippen LogP contribution is -2.22. The highest BCUT2D eigenvalue weighted by atomic mass is 35.5. The van der Waals surface area contributed by atoms with Gasteiger partial charge in [0.25, 0.3) is 0 Å². The molecule has 1 heterocycles. The molecule has 2 N–H and O–H groups in total. The summed E-state index contributed by atoms with van der Waals surface area (Å²) in [4.78, 5) is 9.72. The van der Waals surface area contributed by atoms with Crippen molar-refractivity contribution in [3.05, 3.63) is 57.8 Å². The Balaban J connectivity index is 1.45. The lowest BCUT2D eigenvalue weighted by atomic mass is 9.82. The van der Waals surface area contributed by atoms with Gasteiger partial charge in [-0.05, 0) is 43.0 Å². The molecule has 28 heavy (non-hydrogen) atoms. The second-order valence-corrected chi connectivity index (χ2v) is 8.67. The van der Waals surface area contributed by atoms with Crippen molar-refractivity contribution in [2.45, 2.75) is 44.8 Å². The third-order valence-corrected chi connectivity index (χ3v) is 6.60. The molecular formula is C21H22ClFN2O2S. The number of aromatic nitrogens is 1. The zero-order valence-corrected chi connectivity index (χ0v) is 16.9. The minimum atomic E-state index is -0.290. The topological polar surface area (TPSA) is 57.4 Å². The second kappa shape index (κ2) is 8.74. The van der Waals surface area contributed by atoms with Crippen LogP contribution in [0, 0.1) is 11.7 Å². The molecule has 4 nitrogen and oxygen atoms in total. The molecule has 7 heteroatoms. The maximum atomic E-state index is 13.3. The van der Waals surface area contributed by atoms with E-state index < -0.39 is 0 Å². The molecule has 0 amide bonds. The number of nitrogens with zero attached hydrogens (tertiary/aromatic N) is 1. The van der Waals surface area contributed by atoms with Gasteiger partial charge in [0.05, 0.1) is 15.2 Å². The molecule has 1 saturated carbocycles. The van der Waals surface area contributed by atoms with Gasteiger partial charge in [0.2, 0.25) is 0 Å².